The monoisotopic (exact) mass is 508 g/mol. The van der Waals surface area contributed by atoms with Crippen molar-refractivity contribution in [2.75, 3.05) is 13.1 Å². The van der Waals surface area contributed by atoms with Crippen molar-refractivity contribution < 1.29 is 9.90 Å². The lowest BCUT2D eigenvalue weighted by atomic mass is 9.91. The minimum absolute atomic E-state index is 0.140. The lowest BCUT2D eigenvalue weighted by Crippen LogP contribution is -2.50. The van der Waals surface area contributed by atoms with Crippen LogP contribution in [0.5, 0.6) is 0 Å². The van der Waals surface area contributed by atoms with E-state index in [1.807, 2.05) is 41.4 Å². The van der Waals surface area contributed by atoms with Crippen molar-refractivity contribution in [3.05, 3.63) is 77.6 Å². The van der Waals surface area contributed by atoms with Crippen LogP contribution in [0.4, 0.5) is 0 Å². The molecule has 38 heavy (non-hydrogen) atoms. The van der Waals surface area contributed by atoms with Crippen LogP contribution < -0.4 is 5.56 Å². The maximum absolute atomic E-state index is 13.4. The fourth-order valence-corrected chi connectivity index (χ4v) is 5.60. The van der Waals surface area contributed by atoms with Crippen LogP contribution in [-0.2, 0) is 11.3 Å². The van der Waals surface area contributed by atoms with Gasteiger partial charge in [0.15, 0.2) is 5.65 Å². The molecule has 3 aromatic heterocycles. The number of nitrogens with zero attached hydrogens (tertiary/aromatic N) is 5. The summed E-state index contributed by atoms with van der Waals surface area (Å²) in [6.07, 6.45) is 7.80. The largest absolute Gasteiger partial charge is 0.388 e. The number of likely N-dealkylation sites (tertiary alicyclic amines) is 1. The van der Waals surface area contributed by atoms with Gasteiger partial charge in [0.2, 0.25) is 5.91 Å². The highest BCUT2D eigenvalue weighted by molar-refractivity contribution is 5.95. The van der Waals surface area contributed by atoms with Gasteiger partial charge >= 0.3 is 0 Å². The molecule has 192 valence electrons. The molecule has 1 saturated carbocycles. The molecule has 0 unspecified atom stereocenters. The van der Waals surface area contributed by atoms with Gasteiger partial charge in [0, 0.05) is 36.1 Å². The number of carbonyl (C=O) groups is 1. The maximum atomic E-state index is 13.4. The Kier molecular flexibility index (Phi) is 5.23. The predicted molar refractivity (Wildman–Crippen MR) is 144 cm³/mol. The molecule has 1 aliphatic carbocycles. The van der Waals surface area contributed by atoms with Gasteiger partial charge in [0.25, 0.3) is 5.56 Å². The summed E-state index contributed by atoms with van der Waals surface area (Å²) in [5.74, 6) is 0.378. The van der Waals surface area contributed by atoms with Crippen molar-refractivity contribution in [2.45, 2.75) is 37.8 Å². The number of rotatable bonds is 5. The molecule has 9 nitrogen and oxygen atoms in total. The van der Waals surface area contributed by atoms with Gasteiger partial charge in [-0.25, -0.2) is 9.67 Å². The predicted octanol–water partition coefficient (Wildman–Crippen LogP) is 3.49. The second-order valence-corrected chi connectivity index (χ2v) is 10.6. The molecule has 2 aromatic carbocycles. The molecule has 1 saturated heterocycles. The zero-order valence-electron chi connectivity index (χ0n) is 20.9. The molecule has 2 aliphatic rings. The molecular weight excluding hydrogens is 480 g/mol. The van der Waals surface area contributed by atoms with Gasteiger partial charge in [-0.05, 0) is 61.1 Å². The number of hydrogen-bond acceptors (Lipinski definition) is 5. The number of H-pyrrole nitrogens is 1. The van der Waals surface area contributed by atoms with Crippen LogP contribution in [0.2, 0.25) is 0 Å². The minimum atomic E-state index is -1.05. The molecule has 1 amide bonds. The summed E-state index contributed by atoms with van der Waals surface area (Å²) in [5.41, 5.74) is 3.21. The number of benzene rings is 2. The van der Waals surface area contributed by atoms with Gasteiger partial charge in [-0.3, -0.25) is 14.2 Å². The van der Waals surface area contributed by atoms with E-state index in [1.165, 1.54) is 10.9 Å². The summed E-state index contributed by atoms with van der Waals surface area (Å²) in [4.78, 5) is 35.4. The zero-order chi connectivity index (χ0) is 25.9. The molecule has 0 atom stereocenters. The number of hydrogen-bond donors (Lipinski definition) is 2. The summed E-state index contributed by atoms with van der Waals surface area (Å²) in [6.45, 7) is 1.17. The average molecular weight is 509 g/mol. The van der Waals surface area contributed by atoms with Crippen molar-refractivity contribution >= 4 is 27.8 Å². The summed E-state index contributed by atoms with van der Waals surface area (Å²) < 4.78 is 3.15. The summed E-state index contributed by atoms with van der Waals surface area (Å²) in [7, 11) is 0. The number of aromatic amines is 1. The van der Waals surface area contributed by atoms with Gasteiger partial charge in [0.05, 0.1) is 24.0 Å². The van der Waals surface area contributed by atoms with Crippen LogP contribution in [0.1, 0.15) is 25.7 Å². The average Bonchev–Trinajstić information content (AvgIpc) is 3.51. The van der Waals surface area contributed by atoms with Crippen molar-refractivity contribution in [1.29, 1.82) is 0 Å². The minimum Gasteiger partial charge on any atom is -0.388 e. The van der Waals surface area contributed by atoms with E-state index in [9.17, 15) is 14.7 Å². The van der Waals surface area contributed by atoms with Crippen molar-refractivity contribution in [3.63, 3.8) is 0 Å². The van der Waals surface area contributed by atoms with Crippen LogP contribution in [0.25, 0.3) is 38.8 Å². The van der Waals surface area contributed by atoms with E-state index in [2.05, 4.69) is 33.3 Å². The maximum Gasteiger partial charge on any atom is 0.264 e. The third kappa shape index (κ3) is 3.90. The van der Waals surface area contributed by atoms with Crippen LogP contribution >= 0.6 is 0 Å². The quantitative estimate of drug-likeness (QED) is 0.378. The smallest absolute Gasteiger partial charge is 0.264 e. The van der Waals surface area contributed by atoms with Gasteiger partial charge in [-0.2, -0.15) is 5.10 Å². The van der Waals surface area contributed by atoms with E-state index in [0.29, 0.717) is 37.0 Å². The van der Waals surface area contributed by atoms with Crippen LogP contribution in [-0.4, -0.2) is 58.9 Å². The molecular formula is C29H28N6O3. The number of fused-ring (bicyclic) bond motifs is 2. The standard InChI is InChI=1S/C29H28N6O3/c36-27(19-7-8-19)33-13-10-29(38,11-14-33)17-34-18-31-26-24(28(34)37)16-32-35(26)21-4-1-3-20(15-21)22-5-2-6-25-23(22)9-12-30-25/h1-6,9,12,15-16,18-19,30,38H,7-8,10-11,13-14,17H2. The highest BCUT2D eigenvalue weighted by atomic mass is 16.3. The highest BCUT2D eigenvalue weighted by Crippen LogP contribution is 2.34. The number of nitrogens with one attached hydrogen (secondary N) is 1. The zero-order valence-corrected chi connectivity index (χ0v) is 20.9. The molecule has 0 spiro atoms. The fourth-order valence-electron chi connectivity index (χ4n) is 5.60. The molecule has 9 heteroatoms. The van der Waals surface area contributed by atoms with Crippen LogP contribution in [0.15, 0.2) is 72.0 Å². The van der Waals surface area contributed by atoms with Crippen LogP contribution in [0, 0.1) is 5.92 Å². The normalized spacial score (nSPS) is 17.3. The van der Waals surface area contributed by atoms with E-state index in [4.69, 9.17) is 0 Å². The third-order valence-electron chi connectivity index (χ3n) is 7.95. The Morgan fingerprint density at radius 2 is 1.89 bits per heavy atom. The number of amides is 1. The second kappa shape index (κ2) is 8.66. The van der Waals surface area contributed by atoms with Crippen molar-refractivity contribution in [1.82, 2.24) is 29.2 Å². The summed E-state index contributed by atoms with van der Waals surface area (Å²) >= 11 is 0. The van der Waals surface area contributed by atoms with Gasteiger partial charge < -0.3 is 15.0 Å². The Hall–Kier alpha value is -4.24. The first-order valence-electron chi connectivity index (χ1n) is 13.1. The number of aliphatic hydroxyl groups is 1. The van der Waals surface area contributed by atoms with E-state index < -0.39 is 5.60 Å². The molecule has 0 bridgehead atoms. The van der Waals surface area contributed by atoms with Gasteiger partial charge in [0.1, 0.15) is 11.7 Å². The van der Waals surface area contributed by atoms with Gasteiger partial charge in [-0.1, -0.05) is 24.3 Å². The fraction of sp³-hybridized carbons (Fsp3) is 0.310. The first kappa shape index (κ1) is 22.9. The topological polar surface area (TPSA) is 109 Å². The third-order valence-corrected chi connectivity index (χ3v) is 7.95. The molecule has 2 N–H and O–H groups in total. The van der Waals surface area contributed by atoms with Crippen molar-refractivity contribution in [2.24, 2.45) is 5.92 Å². The molecule has 1 aliphatic heterocycles. The lowest BCUT2D eigenvalue weighted by molar-refractivity contribution is -0.137. The Bertz CT molecular complexity index is 1740. The Morgan fingerprint density at radius 1 is 1.08 bits per heavy atom. The molecule has 5 aromatic rings. The highest BCUT2D eigenvalue weighted by Gasteiger charge is 2.39. The number of aromatic nitrogens is 5. The Morgan fingerprint density at radius 3 is 2.71 bits per heavy atom. The molecule has 0 radical (unpaired) electrons. The Balaban J connectivity index is 1.16. The number of carbonyl (C=O) groups excluding carboxylic acids is 1. The summed E-state index contributed by atoms with van der Waals surface area (Å²) in [6, 6.07) is 16.2. The summed E-state index contributed by atoms with van der Waals surface area (Å²) in [5, 5.41) is 17.2. The number of piperidine rings is 1. The first-order valence-corrected chi connectivity index (χ1v) is 13.1. The van der Waals surface area contributed by atoms with E-state index in [1.54, 1.807) is 10.9 Å². The lowest BCUT2D eigenvalue weighted by Gasteiger charge is -2.38. The van der Waals surface area contributed by atoms with Gasteiger partial charge in [-0.15, -0.1) is 0 Å². The van der Waals surface area contributed by atoms with Crippen LogP contribution in [0.3, 0.4) is 0 Å². The molecule has 4 heterocycles. The molecule has 2 fully saturated rings. The SMILES string of the molecule is O=C(C1CC1)N1CCC(O)(Cn2cnc3c(cnn3-c3cccc(-c4cccc5[nH]ccc45)c3)c2=O)CC1. The van der Waals surface area contributed by atoms with E-state index >= 15 is 0 Å². The van der Waals surface area contributed by atoms with E-state index in [0.717, 1.165) is 40.6 Å². The Labute approximate surface area is 218 Å². The second-order valence-electron chi connectivity index (χ2n) is 10.6. The van der Waals surface area contributed by atoms with E-state index in [-0.39, 0.29) is 23.9 Å². The van der Waals surface area contributed by atoms with Crippen molar-refractivity contribution in [3.8, 4) is 16.8 Å². The first-order chi connectivity index (χ1) is 18.5. The molecule has 7 rings (SSSR count).